The third-order valence-corrected chi connectivity index (χ3v) is 3.78. The molecule has 0 saturated carbocycles. The Balaban J connectivity index is 1.76. The smallest absolute Gasteiger partial charge is 0.225 e. The molecule has 25 heavy (non-hydrogen) atoms. The first-order valence-electron chi connectivity index (χ1n) is 7.74. The molecule has 0 aliphatic carbocycles. The van der Waals surface area contributed by atoms with Crippen molar-refractivity contribution in [1.29, 1.82) is 5.26 Å². The summed E-state index contributed by atoms with van der Waals surface area (Å²) in [5.74, 6) is 1.15. The van der Waals surface area contributed by atoms with Crippen LogP contribution < -0.4 is 10.6 Å². The maximum atomic E-state index is 9.19. The fourth-order valence-corrected chi connectivity index (χ4v) is 2.45. The molecule has 0 unspecified atom stereocenters. The second-order valence-corrected chi connectivity index (χ2v) is 5.92. The number of nitriles is 1. The minimum atomic E-state index is 0.520. The van der Waals surface area contributed by atoms with Crippen LogP contribution in [-0.2, 0) is 6.54 Å². The Bertz CT molecular complexity index is 916. The molecule has 0 bridgehead atoms. The average Bonchev–Trinajstić information content (AvgIpc) is 2.61. The highest BCUT2D eigenvalue weighted by Crippen LogP contribution is 2.20. The van der Waals surface area contributed by atoms with E-state index in [1.54, 1.807) is 6.07 Å². The maximum absolute atomic E-state index is 9.19. The fourth-order valence-electron chi connectivity index (χ4n) is 2.32. The highest BCUT2D eigenvalue weighted by Gasteiger charge is 2.06. The van der Waals surface area contributed by atoms with Gasteiger partial charge in [0.2, 0.25) is 5.95 Å². The third kappa shape index (κ3) is 4.46. The number of benzene rings is 2. The summed E-state index contributed by atoms with van der Waals surface area (Å²) in [6.45, 7) is 2.49. The molecular weight excluding hydrogens is 334 g/mol. The lowest BCUT2D eigenvalue weighted by atomic mass is 10.2. The van der Waals surface area contributed by atoms with Crippen molar-refractivity contribution < 1.29 is 0 Å². The van der Waals surface area contributed by atoms with Gasteiger partial charge in [0.05, 0.1) is 11.3 Å². The van der Waals surface area contributed by atoms with Crippen LogP contribution in [0, 0.1) is 18.3 Å². The topological polar surface area (TPSA) is 73.6 Å². The summed E-state index contributed by atoms with van der Waals surface area (Å²) in [6.07, 6.45) is 0. The van der Waals surface area contributed by atoms with Crippen LogP contribution in [0.15, 0.2) is 54.6 Å². The first kappa shape index (κ1) is 16.7. The van der Waals surface area contributed by atoms with Gasteiger partial charge in [0.15, 0.2) is 0 Å². The van der Waals surface area contributed by atoms with Crippen molar-refractivity contribution in [3.05, 3.63) is 76.4 Å². The summed E-state index contributed by atoms with van der Waals surface area (Å²) in [4.78, 5) is 8.87. The summed E-state index contributed by atoms with van der Waals surface area (Å²) >= 11 is 5.90. The van der Waals surface area contributed by atoms with E-state index in [-0.39, 0.29) is 0 Å². The number of anilines is 3. The van der Waals surface area contributed by atoms with E-state index in [1.807, 2.05) is 55.5 Å². The molecule has 0 amide bonds. The predicted molar refractivity (Wildman–Crippen MR) is 100.0 cm³/mol. The van der Waals surface area contributed by atoms with Crippen LogP contribution in [0.5, 0.6) is 0 Å². The van der Waals surface area contributed by atoms with Gasteiger partial charge in [-0.25, -0.2) is 4.98 Å². The van der Waals surface area contributed by atoms with Gasteiger partial charge in [0, 0.05) is 23.3 Å². The standard InChI is InChI=1S/C19H16ClN5/c1-13-10-18(24-17-5-3-2-4-15(17)11-21)25-19(23-13)22-12-14-6-8-16(20)9-7-14/h2-10H,12H2,1H3,(H2,22,23,24,25). The molecule has 124 valence electrons. The zero-order chi connectivity index (χ0) is 17.6. The second kappa shape index (κ2) is 7.65. The molecule has 2 aromatic carbocycles. The summed E-state index contributed by atoms with van der Waals surface area (Å²) in [6, 6.07) is 18.9. The monoisotopic (exact) mass is 349 g/mol. The van der Waals surface area contributed by atoms with Crippen LogP contribution in [0.1, 0.15) is 16.8 Å². The van der Waals surface area contributed by atoms with Crippen molar-refractivity contribution in [3.8, 4) is 6.07 Å². The zero-order valence-corrected chi connectivity index (χ0v) is 14.4. The van der Waals surface area contributed by atoms with Crippen LogP contribution >= 0.6 is 11.6 Å². The van der Waals surface area contributed by atoms with E-state index in [2.05, 4.69) is 26.7 Å². The second-order valence-electron chi connectivity index (χ2n) is 5.48. The number of nitrogens with one attached hydrogen (secondary N) is 2. The van der Waals surface area contributed by atoms with Gasteiger partial charge in [-0.2, -0.15) is 10.2 Å². The molecule has 3 aromatic rings. The summed E-state index contributed by atoms with van der Waals surface area (Å²) in [5, 5.41) is 16.3. The molecule has 3 rings (SSSR count). The van der Waals surface area contributed by atoms with Crippen LogP contribution in [0.4, 0.5) is 17.5 Å². The van der Waals surface area contributed by atoms with Gasteiger partial charge >= 0.3 is 0 Å². The Morgan fingerprint density at radius 3 is 2.60 bits per heavy atom. The first-order chi connectivity index (χ1) is 12.1. The van der Waals surface area contributed by atoms with E-state index in [4.69, 9.17) is 11.6 Å². The van der Waals surface area contributed by atoms with Gasteiger partial charge in [-0.15, -0.1) is 0 Å². The van der Waals surface area contributed by atoms with Crippen molar-refractivity contribution in [2.75, 3.05) is 10.6 Å². The molecule has 5 nitrogen and oxygen atoms in total. The number of para-hydroxylation sites is 1. The molecular formula is C19H16ClN5. The van der Waals surface area contributed by atoms with Gasteiger partial charge in [-0.3, -0.25) is 0 Å². The molecule has 0 atom stereocenters. The minimum absolute atomic E-state index is 0.520. The molecule has 6 heteroatoms. The van der Waals surface area contributed by atoms with E-state index in [0.717, 1.165) is 11.3 Å². The number of aromatic nitrogens is 2. The summed E-state index contributed by atoms with van der Waals surface area (Å²) < 4.78 is 0. The van der Waals surface area contributed by atoms with Crippen molar-refractivity contribution >= 4 is 29.1 Å². The molecule has 0 saturated heterocycles. The Morgan fingerprint density at radius 2 is 1.84 bits per heavy atom. The van der Waals surface area contributed by atoms with Gasteiger partial charge in [0.25, 0.3) is 0 Å². The zero-order valence-electron chi connectivity index (χ0n) is 13.6. The summed E-state index contributed by atoms with van der Waals surface area (Å²) in [5.41, 5.74) is 3.19. The molecule has 1 aromatic heterocycles. The predicted octanol–water partition coefficient (Wildman–Crippen LogP) is 4.67. The van der Waals surface area contributed by atoms with Crippen molar-refractivity contribution in [2.24, 2.45) is 0 Å². The first-order valence-corrected chi connectivity index (χ1v) is 8.12. The quantitative estimate of drug-likeness (QED) is 0.700. The van der Waals surface area contributed by atoms with Gasteiger partial charge in [-0.1, -0.05) is 35.9 Å². The van der Waals surface area contributed by atoms with E-state index in [1.165, 1.54) is 0 Å². The number of hydrogen-bond donors (Lipinski definition) is 2. The molecule has 0 fully saturated rings. The Hall–Kier alpha value is -3.10. The number of halogens is 1. The SMILES string of the molecule is Cc1cc(Nc2ccccc2C#N)nc(NCc2ccc(Cl)cc2)n1. The highest BCUT2D eigenvalue weighted by molar-refractivity contribution is 6.30. The van der Waals surface area contributed by atoms with Crippen LogP contribution in [-0.4, -0.2) is 9.97 Å². The Morgan fingerprint density at radius 1 is 1.08 bits per heavy atom. The lowest BCUT2D eigenvalue weighted by Gasteiger charge is -2.11. The lowest BCUT2D eigenvalue weighted by molar-refractivity contribution is 1.03. The van der Waals surface area contributed by atoms with E-state index >= 15 is 0 Å². The summed E-state index contributed by atoms with van der Waals surface area (Å²) in [7, 11) is 0. The highest BCUT2D eigenvalue weighted by atomic mass is 35.5. The van der Waals surface area contributed by atoms with E-state index in [9.17, 15) is 5.26 Å². The van der Waals surface area contributed by atoms with Crippen molar-refractivity contribution in [1.82, 2.24) is 9.97 Å². The number of hydrogen-bond acceptors (Lipinski definition) is 5. The molecule has 0 spiro atoms. The van der Waals surface area contributed by atoms with Gasteiger partial charge < -0.3 is 10.6 Å². The Kier molecular flexibility index (Phi) is 5.12. The van der Waals surface area contributed by atoms with E-state index < -0.39 is 0 Å². The van der Waals surface area contributed by atoms with E-state index in [0.29, 0.717) is 34.6 Å². The fraction of sp³-hybridized carbons (Fsp3) is 0.105. The third-order valence-electron chi connectivity index (χ3n) is 3.53. The molecule has 0 aliphatic rings. The maximum Gasteiger partial charge on any atom is 0.225 e. The Labute approximate surface area is 151 Å². The van der Waals surface area contributed by atoms with Gasteiger partial charge in [0.1, 0.15) is 11.9 Å². The minimum Gasteiger partial charge on any atom is -0.350 e. The van der Waals surface area contributed by atoms with Crippen molar-refractivity contribution in [3.63, 3.8) is 0 Å². The molecule has 0 aliphatic heterocycles. The van der Waals surface area contributed by atoms with Crippen LogP contribution in [0.25, 0.3) is 0 Å². The molecule has 2 N–H and O–H groups in total. The lowest BCUT2D eigenvalue weighted by Crippen LogP contribution is -2.06. The normalized spacial score (nSPS) is 10.1. The number of aryl methyl sites for hydroxylation is 1. The van der Waals surface area contributed by atoms with Crippen molar-refractivity contribution in [2.45, 2.75) is 13.5 Å². The number of nitrogens with zero attached hydrogens (tertiary/aromatic N) is 3. The molecule has 0 radical (unpaired) electrons. The average molecular weight is 350 g/mol. The van der Waals surface area contributed by atoms with Gasteiger partial charge in [-0.05, 0) is 36.8 Å². The number of rotatable bonds is 5. The van der Waals surface area contributed by atoms with Crippen LogP contribution in [0.2, 0.25) is 5.02 Å². The van der Waals surface area contributed by atoms with Crippen LogP contribution in [0.3, 0.4) is 0 Å². The largest absolute Gasteiger partial charge is 0.350 e. The molecule has 1 heterocycles.